The van der Waals surface area contributed by atoms with Crippen molar-refractivity contribution in [3.05, 3.63) is 24.3 Å². The van der Waals surface area contributed by atoms with Gasteiger partial charge in [-0.05, 0) is 51.4 Å². The van der Waals surface area contributed by atoms with Gasteiger partial charge < -0.3 is 14.2 Å². The van der Waals surface area contributed by atoms with E-state index in [0.29, 0.717) is 19.3 Å². The average molecular weight is 1100 g/mol. The van der Waals surface area contributed by atoms with Crippen LogP contribution >= 0.6 is 0 Å². The second-order valence-electron chi connectivity index (χ2n) is 24.2. The summed E-state index contributed by atoms with van der Waals surface area (Å²) in [6, 6.07) is 0. The maximum absolute atomic E-state index is 12.9. The maximum Gasteiger partial charge on any atom is 0.306 e. The van der Waals surface area contributed by atoms with E-state index in [4.69, 9.17) is 14.2 Å². The summed E-state index contributed by atoms with van der Waals surface area (Å²) in [5.74, 6) is -0.851. The fourth-order valence-electron chi connectivity index (χ4n) is 10.9. The van der Waals surface area contributed by atoms with Gasteiger partial charge in [-0.15, -0.1) is 0 Å². The van der Waals surface area contributed by atoms with Crippen molar-refractivity contribution in [1.82, 2.24) is 0 Å². The van der Waals surface area contributed by atoms with E-state index in [9.17, 15) is 14.4 Å². The van der Waals surface area contributed by atoms with E-state index in [1.807, 2.05) is 0 Å². The minimum absolute atomic E-state index is 0.0693. The van der Waals surface area contributed by atoms with Gasteiger partial charge in [0.05, 0.1) is 0 Å². The molecular weight excluding hydrogens is 961 g/mol. The van der Waals surface area contributed by atoms with Crippen LogP contribution in [-0.2, 0) is 28.6 Å². The van der Waals surface area contributed by atoms with Gasteiger partial charge >= 0.3 is 17.9 Å². The molecule has 0 saturated carbocycles. The molecule has 6 heteroatoms. The van der Waals surface area contributed by atoms with Crippen LogP contribution in [0.5, 0.6) is 0 Å². The molecule has 0 aromatic carbocycles. The maximum atomic E-state index is 12.9. The third-order valence-corrected chi connectivity index (χ3v) is 16.2. The summed E-state index contributed by atoms with van der Waals surface area (Å²) in [7, 11) is 0. The third-order valence-electron chi connectivity index (χ3n) is 16.2. The monoisotopic (exact) mass is 1100 g/mol. The van der Waals surface area contributed by atoms with E-state index in [0.717, 1.165) is 77.0 Å². The van der Waals surface area contributed by atoms with Crippen molar-refractivity contribution in [3.8, 4) is 0 Å². The zero-order valence-corrected chi connectivity index (χ0v) is 53.0. The molecule has 78 heavy (non-hydrogen) atoms. The van der Waals surface area contributed by atoms with Gasteiger partial charge in [0.2, 0.25) is 0 Å². The lowest BCUT2D eigenvalue weighted by atomic mass is 10.0. The summed E-state index contributed by atoms with van der Waals surface area (Å²) >= 11 is 0. The predicted octanol–water partition coefficient (Wildman–Crippen LogP) is 24.2. The zero-order chi connectivity index (χ0) is 56.4. The summed E-state index contributed by atoms with van der Waals surface area (Å²) in [5, 5.41) is 0. The Balaban J connectivity index is 4.21. The van der Waals surface area contributed by atoms with Crippen LogP contribution in [0, 0.1) is 0 Å². The number of unbranched alkanes of at least 4 members (excludes halogenated alkanes) is 51. The summed E-state index contributed by atoms with van der Waals surface area (Å²) in [6.45, 7) is 6.69. The van der Waals surface area contributed by atoms with E-state index in [1.54, 1.807) is 0 Å². The number of hydrogen-bond donors (Lipinski definition) is 0. The van der Waals surface area contributed by atoms with E-state index in [1.165, 1.54) is 283 Å². The first-order valence-electron chi connectivity index (χ1n) is 35.3. The van der Waals surface area contributed by atoms with Crippen LogP contribution in [0.4, 0.5) is 0 Å². The number of allylic oxidation sites excluding steroid dienone is 4. The van der Waals surface area contributed by atoms with Crippen molar-refractivity contribution in [2.45, 2.75) is 406 Å². The number of carbonyl (C=O) groups excluding carboxylic acids is 3. The third kappa shape index (κ3) is 64.7. The van der Waals surface area contributed by atoms with Crippen molar-refractivity contribution < 1.29 is 28.6 Å². The van der Waals surface area contributed by atoms with Crippen molar-refractivity contribution in [1.29, 1.82) is 0 Å². The smallest absolute Gasteiger partial charge is 0.306 e. The number of ether oxygens (including phenoxy) is 3. The molecule has 0 fully saturated rings. The lowest BCUT2D eigenvalue weighted by Crippen LogP contribution is -2.30. The highest BCUT2D eigenvalue weighted by atomic mass is 16.6. The van der Waals surface area contributed by atoms with Gasteiger partial charge in [-0.1, -0.05) is 353 Å². The average Bonchev–Trinajstić information content (AvgIpc) is 3.44. The molecule has 0 amide bonds. The van der Waals surface area contributed by atoms with E-state index >= 15 is 0 Å². The molecule has 0 saturated heterocycles. The van der Waals surface area contributed by atoms with Crippen LogP contribution in [-0.4, -0.2) is 37.2 Å². The Labute approximate surface area is 487 Å². The second-order valence-corrected chi connectivity index (χ2v) is 24.2. The molecule has 0 bridgehead atoms. The van der Waals surface area contributed by atoms with Crippen LogP contribution in [0.1, 0.15) is 400 Å². The Bertz CT molecular complexity index is 1260. The van der Waals surface area contributed by atoms with E-state index < -0.39 is 6.10 Å². The molecule has 1 unspecified atom stereocenters. The summed E-state index contributed by atoms with van der Waals surface area (Å²) < 4.78 is 17.0. The lowest BCUT2D eigenvalue weighted by molar-refractivity contribution is -0.167. The largest absolute Gasteiger partial charge is 0.462 e. The van der Waals surface area contributed by atoms with Crippen LogP contribution in [0.3, 0.4) is 0 Å². The van der Waals surface area contributed by atoms with Crippen molar-refractivity contribution in [2.75, 3.05) is 13.2 Å². The molecule has 1 atom stereocenters. The molecule has 460 valence electrons. The highest BCUT2D eigenvalue weighted by molar-refractivity contribution is 5.71. The minimum atomic E-state index is -0.774. The number of esters is 3. The molecule has 0 spiro atoms. The van der Waals surface area contributed by atoms with Gasteiger partial charge in [0.1, 0.15) is 13.2 Å². The van der Waals surface area contributed by atoms with Crippen molar-refractivity contribution in [2.24, 2.45) is 0 Å². The molecule has 0 N–H and O–H groups in total. The Morgan fingerprint density at radius 2 is 0.462 bits per heavy atom. The van der Waals surface area contributed by atoms with E-state index in [-0.39, 0.29) is 31.1 Å². The van der Waals surface area contributed by atoms with Gasteiger partial charge in [-0.3, -0.25) is 14.4 Å². The van der Waals surface area contributed by atoms with Crippen molar-refractivity contribution >= 4 is 17.9 Å². The minimum Gasteiger partial charge on any atom is -0.462 e. The molecule has 0 aromatic rings. The first-order valence-corrected chi connectivity index (χ1v) is 35.3. The first-order chi connectivity index (χ1) is 38.5. The van der Waals surface area contributed by atoms with Gasteiger partial charge in [0.25, 0.3) is 0 Å². The predicted molar refractivity (Wildman–Crippen MR) is 340 cm³/mol. The Hall–Kier alpha value is -2.11. The number of hydrogen-bond acceptors (Lipinski definition) is 6. The fraction of sp³-hybridized carbons (Fsp3) is 0.903. The van der Waals surface area contributed by atoms with Gasteiger partial charge in [0.15, 0.2) is 6.10 Å². The van der Waals surface area contributed by atoms with E-state index in [2.05, 4.69) is 45.1 Å². The summed E-state index contributed by atoms with van der Waals surface area (Å²) in [5.41, 5.74) is 0. The highest BCUT2D eigenvalue weighted by Gasteiger charge is 2.19. The van der Waals surface area contributed by atoms with Gasteiger partial charge in [-0.2, -0.15) is 0 Å². The topological polar surface area (TPSA) is 78.9 Å². The SMILES string of the molecule is CCCCC/C=C\C/C=C\CCCCCCCC(=O)OCC(COC(=O)CCCCCCCCCCCCCCCCCCCCCCCCCCCCC)OC(=O)CCCCCCCCCCCCCCCCCCCC. The fourth-order valence-corrected chi connectivity index (χ4v) is 10.9. The zero-order valence-electron chi connectivity index (χ0n) is 53.0. The van der Waals surface area contributed by atoms with Crippen LogP contribution in [0.2, 0.25) is 0 Å². The quantitative estimate of drug-likeness (QED) is 0.0261. The molecule has 0 heterocycles. The summed E-state index contributed by atoms with van der Waals surface area (Å²) in [4.78, 5) is 38.4. The molecule has 0 radical (unpaired) electrons. The molecular formula is C72H136O6. The Morgan fingerprint density at radius 1 is 0.256 bits per heavy atom. The standard InChI is InChI=1S/C72H136O6/c1-4-7-10-13-16-19-22-25-28-30-32-33-34-35-36-37-38-39-40-42-44-47-50-53-56-59-62-65-71(74)77-68-69(67-76-70(73)64-61-58-55-52-49-46-43-27-24-21-18-15-12-9-6-3)78-72(75)66-63-60-57-54-51-48-45-41-31-29-26-23-20-17-14-11-8-5-2/h18,21,27,43,69H,4-17,19-20,22-26,28-42,44-68H2,1-3H3/b21-18-,43-27-. The molecule has 6 nitrogen and oxygen atoms in total. The molecule has 0 aliphatic carbocycles. The lowest BCUT2D eigenvalue weighted by Gasteiger charge is -2.18. The van der Waals surface area contributed by atoms with Gasteiger partial charge in [-0.25, -0.2) is 0 Å². The second kappa shape index (κ2) is 67.4. The molecule has 0 aliphatic heterocycles. The van der Waals surface area contributed by atoms with Crippen LogP contribution in [0.25, 0.3) is 0 Å². The van der Waals surface area contributed by atoms with Gasteiger partial charge in [0, 0.05) is 19.3 Å². The van der Waals surface area contributed by atoms with Crippen LogP contribution < -0.4 is 0 Å². The van der Waals surface area contributed by atoms with Crippen LogP contribution in [0.15, 0.2) is 24.3 Å². The summed E-state index contributed by atoms with van der Waals surface area (Å²) in [6.07, 6.45) is 82.1. The molecule has 0 rings (SSSR count). The highest BCUT2D eigenvalue weighted by Crippen LogP contribution is 2.19. The number of carbonyl (C=O) groups is 3. The Kier molecular flexibility index (Phi) is 65.6. The Morgan fingerprint density at radius 3 is 0.731 bits per heavy atom. The molecule has 0 aliphatic rings. The normalized spacial score (nSPS) is 12.1. The number of rotatable bonds is 66. The molecule has 0 aromatic heterocycles. The van der Waals surface area contributed by atoms with Crippen molar-refractivity contribution in [3.63, 3.8) is 0 Å². The first kappa shape index (κ1) is 75.9.